The van der Waals surface area contributed by atoms with Crippen molar-refractivity contribution in [1.29, 1.82) is 0 Å². The van der Waals surface area contributed by atoms with Gasteiger partial charge >= 0.3 is 0 Å². The van der Waals surface area contributed by atoms with Crippen molar-refractivity contribution in [2.75, 3.05) is 18.4 Å². The summed E-state index contributed by atoms with van der Waals surface area (Å²) in [7, 11) is 0. The third-order valence-electron chi connectivity index (χ3n) is 5.01. The first kappa shape index (κ1) is 19.3. The molecule has 0 spiro atoms. The normalized spacial score (nSPS) is 15.5. The van der Waals surface area contributed by atoms with Crippen molar-refractivity contribution in [1.82, 2.24) is 4.90 Å². The highest BCUT2D eigenvalue weighted by molar-refractivity contribution is 6.30. The number of carbonyl (C=O) groups excluding carboxylic acids is 1. The number of piperidine rings is 1. The molecule has 0 unspecified atom stereocenters. The van der Waals surface area contributed by atoms with E-state index in [4.69, 9.17) is 11.6 Å². The Balaban J connectivity index is 1.56. The van der Waals surface area contributed by atoms with Crippen LogP contribution >= 0.6 is 11.6 Å². The van der Waals surface area contributed by atoms with Crippen LogP contribution in [0.3, 0.4) is 0 Å². The Bertz CT molecular complexity index is 848. The lowest BCUT2D eigenvalue weighted by molar-refractivity contribution is -0.385. The number of likely N-dealkylation sites (tertiary alicyclic amines) is 1. The van der Waals surface area contributed by atoms with Crippen molar-refractivity contribution in [3.63, 3.8) is 0 Å². The van der Waals surface area contributed by atoms with Crippen LogP contribution in [-0.4, -0.2) is 28.8 Å². The molecule has 0 saturated carbocycles. The van der Waals surface area contributed by atoms with Crippen LogP contribution in [0, 0.1) is 23.0 Å². The molecule has 3 rings (SSSR count). The van der Waals surface area contributed by atoms with Gasteiger partial charge in [-0.25, -0.2) is 0 Å². The summed E-state index contributed by atoms with van der Waals surface area (Å²) >= 11 is 6.03. The van der Waals surface area contributed by atoms with Gasteiger partial charge in [0.25, 0.3) is 5.69 Å². The van der Waals surface area contributed by atoms with Crippen LogP contribution in [0.25, 0.3) is 0 Å². The van der Waals surface area contributed by atoms with Crippen LogP contribution in [0.15, 0.2) is 42.5 Å². The van der Waals surface area contributed by atoms with Gasteiger partial charge in [0.15, 0.2) is 0 Å². The Morgan fingerprint density at radius 3 is 2.63 bits per heavy atom. The fraction of sp³-hybridized carbons (Fsp3) is 0.350. The lowest BCUT2D eigenvalue weighted by Gasteiger charge is -2.31. The first-order valence-electron chi connectivity index (χ1n) is 8.95. The van der Waals surface area contributed by atoms with Gasteiger partial charge in [-0.15, -0.1) is 0 Å². The highest BCUT2D eigenvalue weighted by Crippen LogP contribution is 2.27. The maximum atomic E-state index is 12.6. The number of benzene rings is 2. The second-order valence-electron chi connectivity index (χ2n) is 6.88. The molecule has 1 amide bonds. The topological polar surface area (TPSA) is 75.5 Å². The number of rotatable bonds is 5. The van der Waals surface area contributed by atoms with Crippen molar-refractivity contribution in [3.05, 3.63) is 68.7 Å². The monoisotopic (exact) mass is 387 g/mol. The van der Waals surface area contributed by atoms with Crippen molar-refractivity contribution in [3.8, 4) is 0 Å². The van der Waals surface area contributed by atoms with E-state index in [0.29, 0.717) is 11.3 Å². The van der Waals surface area contributed by atoms with E-state index in [2.05, 4.69) is 16.3 Å². The number of carbonyl (C=O) groups is 1. The maximum absolute atomic E-state index is 12.6. The minimum atomic E-state index is -0.431. The SMILES string of the molecule is Cc1c(NC(=O)C2CCN(Cc3cccc(Cl)c3)CC2)cccc1[N+](=O)[O-]. The minimum absolute atomic E-state index is 0.0177. The molecule has 0 atom stereocenters. The van der Waals surface area contributed by atoms with Gasteiger partial charge in [0, 0.05) is 23.6 Å². The van der Waals surface area contributed by atoms with Crippen molar-refractivity contribution in [2.24, 2.45) is 5.92 Å². The van der Waals surface area contributed by atoms with Gasteiger partial charge in [0.05, 0.1) is 16.2 Å². The molecule has 1 saturated heterocycles. The largest absolute Gasteiger partial charge is 0.325 e. The van der Waals surface area contributed by atoms with Gasteiger partial charge in [-0.05, 0) is 56.6 Å². The van der Waals surface area contributed by atoms with E-state index in [0.717, 1.165) is 43.1 Å². The van der Waals surface area contributed by atoms with E-state index < -0.39 is 4.92 Å². The van der Waals surface area contributed by atoms with Gasteiger partial charge in [-0.2, -0.15) is 0 Å². The number of amides is 1. The highest BCUT2D eigenvalue weighted by atomic mass is 35.5. The van der Waals surface area contributed by atoms with Crippen molar-refractivity contribution >= 4 is 28.9 Å². The van der Waals surface area contributed by atoms with Gasteiger partial charge in [0.2, 0.25) is 5.91 Å². The molecule has 1 aliphatic heterocycles. The van der Waals surface area contributed by atoms with E-state index in [-0.39, 0.29) is 17.5 Å². The molecule has 1 aliphatic rings. The number of nitro benzene ring substituents is 1. The standard InChI is InChI=1S/C20H22ClN3O3/c1-14-18(6-3-7-19(14)24(26)27)22-20(25)16-8-10-23(11-9-16)13-15-4-2-5-17(21)12-15/h2-7,12,16H,8-11,13H2,1H3,(H,22,25). The summed E-state index contributed by atoms with van der Waals surface area (Å²) in [6.45, 7) is 4.14. The third kappa shape index (κ3) is 4.84. The van der Waals surface area contributed by atoms with Crippen LogP contribution in [0.1, 0.15) is 24.0 Å². The molecule has 0 aromatic heterocycles. The average Bonchev–Trinajstić information content (AvgIpc) is 2.64. The number of nitrogens with one attached hydrogen (secondary N) is 1. The quantitative estimate of drug-likeness (QED) is 0.609. The zero-order chi connectivity index (χ0) is 19.4. The summed E-state index contributed by atoms with van der Waals surface area (Å²) in [5, 5.41) is 14.6. The fourth-order valence-electron chi connectivity index (χ4n) is 3.44. The molecule has 0 bridgehead atoms. The maximum Gasteiger partial charge on any atom is 0.274 e. The number of nitro groups is 1. The lowest BCUT2D eigenvalue weighted by Crippen LogP contribution is -2.37. The van der Waals surface area contributed by atoms with Crippen LogP contribution in [-0.2, 0) is 11.3 Å². The van der Waals surface area contributed by atoms with Crippen LogP contribution in [0.5, 0.6) is 0 Å². The molecule has 1 N–H and O–H groups in total. The van der Waals surface area contributed by atoms with E-state index in [1.54, 1.807) is 19.1 Å². The molecule has 2 aromatic rings. The van der Waals surface area contributed by atoms with E-state index in [9.17, 15) is 14.9 Å². The first-order valence-corrected chi connectivity index (χ1v) is 9.33. The predicted molar refractivity (Wildman–Crippen MR) is 106 cm³/mol. The van der Waals surface area contributed by atoms with Crippen LogP contribution < -0.4 is 5.32 Å². The summed E-state index contributed by atoms with van der Waals surface area (Å²) in [5.41, 5.74) is 2.17. The summed E-state index contributed by atoms with van der Waals surface area (Å²) in [4.78, 5) is 25.5. The number of anilines is 1. The van der Waals surface area contributed by atoms with Crippen molar-refractivity contribution in [2.45, 2.75) is 26.3 Å². The molecule has 1 heterocycles. The highest BCUT2D eigenvalue weighted by Gasteiger charge is 2.26. The van der Waals surface area contributed by atoms with Gasteiger partial charge in [-0.1, -0.05) is 29.8 Å². The Kier molecular flexibility index (Phi) is 6.08. The molecule has 142 valence electrons. The molecule has 1 fully saturated rings. The van der Waals surface area contributed by atoms with Crippen LogP contribution in [0.4, 0.5) is 11.4 Å². The summed E-state index contributed by atoms with van der Waals surface area (Å²) in [6.07, 6.45) is 1.53. The zero-order valence-corrected chi connectivity index (χ0v) is 15.9. The van der Waals surface area contributed by atoms with Crippen LogP contribution in [0.2, 0.25) is 5.02 Å². The smallest absolute Gasteiger partial charge is 0.274 e. The molecular formula is C20H22ClN3O3. The van der Waals surface area contributed by atoms with E-state index in [1.165, 1.54) is 6.07 Å². The second-order valence-corrected chi connectivity index (χ2v) is 7.31. The average molecular weight is 388 g/mol. The Labute approximate surface area is 163 Å². The molecule has 6 nitrogen and oxygen atoms in total. The number of hydrogen-bond donors (Lipinski definition) is 1. The van der Waals surface area contributed by atoms with Crippen molar-refractivity contribution < 1.29 is 9.72 Å². The molecule has 0 aliphatic carbocycles. The fourth-order valence-corrected chi connectivity index (χ4v) is 3.65. The summed E-state index contributed by atoms with van der Waals surface area (Å²) in [6, 6.07) is 12.6. The second kappa shape index (κ2) is 8.50. The lowest BCUT2D eigenvalue weighted by atomic mass is 9.95. The van der Waals surface area contributed by atoms with Gasteiger partial charge in [0.1, 0.15) is 0 Å². The third-order valence-corrected chi connectivity index (χ3v) is 5.25. The molecule has 0 radical (unpaired) electrons. The first-order chi connectivity index (χ1) is 12.9. The number of hydrogen-bond acceptors (Lipinski definition) is 4. The molecule has 2 aromatic carbocycles. The Morgan fingerprint density at radius 2 is 1.96 bits per heavy atom. The zero-order valence-electron chi connectivity index (χ0n) is 15.2. The van der Waals surface area contributed by atoms with E-state index >= 15 is 0 Å². The number of nitrogens with zero attached hydrogens (tertiary/aromatic N) is 2. The van der Waals surface area contributed by atoms with Gasteiger partial charge in [-0.3, -0.25) is 19.8 Å². The molecule has 7 heteroatoms. The molecular weight excluding hydrogens is 366 g/mol. The predicted octanol–water partition coefficient (Wildman–Crippen LogP) is 4.41. The van der Waals surface area contributed by atoms with Gasteiger partial charge < -0.3 is 5.32 Å². The summed E-state index contributed by atoms with van der Waals surface area (Å²) in [5.74, 6) is -0.153. The number of halogens is 1. The minimum Gasteiger partial charge on any atom is -0.325 e. The Morgan fingerprint density at radius 1 is 1.26 bits per heavy atom. The van der Waals surface area contributed by atoms with E-state index in [1.807, 2.05) is 18.2 Å². The summed E-state index contributed by atoms with van der Waals surface area (Å²) < 4.78 is 0. The molecule has 27 heavy (non-hydrogen) atoms. The Hall–Kier alpha value is -2.44.